The van der Waals surface area contributed by atoms with E-state index in [0.717, 1.165) is 0 Å². The van der Waals surface area contributed by atoms with Gasteiger partial charge in [-0.3, -0.25) is 4.90 Å². The van der Waals surface area contributed by atoms with Crippen LogP contribution in [0.15, 0.2) is 24.3 Å². The summed E-state index contributed by atoms with van der Waals surface area (Å²) >= 11 is 0. The molecule has 1 heterocycles. The summed E-state index contributed by atoms with van der Waals surface area (Å²) in [6.45, 7) is 1.97. The van der Waals surface area contributed by atoms with Crippen LogP contribution in [0.5, 0.6) is 0 Å². The van der Waals surface area contributed by atoms with E-state index in [9.17, 15) is 14.0 Å². The van der Waals surface area contributed by atoms with Crippen LogP contribution >= 0.6 is 0 Å². The zero-order valence-electron chi connectivity index (χ0n) is 11.9. The van der Waals surface area contributed by atoms with Crippen LogP contribution in [0, 0.1) is 5.82 Å². The normalized spacial score (nSPS) is 16.2. The molecule has 114 valence electrons. The van der Waals surface area contributed by atoms with Crippen molar-refractivity contribution < 1.29 is 23.8 Å². The number of ether oxygens (including phenoxy) is 1. The minimum Gasteiger partial charge on any atom is -0.480 e. The number of likely N-dealkylation sites (tertiary alicyclic amines) is 1. The van der Waals surface area contributed by atoms with Crippen molar-refractivity contribution in [3.63, 3.8) is 0 Å². The van der Waals surface area contributed by atoms with Crippen LogP contribution in [-0.2, 0) is 9.53 Å². The summed E-state index contributed by atoms with van der Waals surface area (Å²) < 4.78 is 18.4. The first-order chi connectivity index (χ1) is 9.81. The molecule has 1 N–H and O–H groups in total. The fourth-order valence-electron chi connectivity index (χ4n) is 2.23. The quantitative estimate of drug-likeness (QED) is 0.915. The minimum absolute atomic E-state index is 0.281. The van der Waals surface area contributed by atoms with Gasteiger partial charge in [-0.1, -0.05) is 6.07 Å². The molecular formula is C14H17FN2O4. The number of halogens is 1. The molecule has 2 rings (SSSR count). The Morgan fingerprint density at radius 1 is 1.48 bits per heavy atom. The highest BCUT2D eigenvalue weighted by atomic mass is 19.1. The van der Waals surface area contributed by atoms with E-state index >= 15 is 0 Å². The molecule has 0 atom stereocenters. The minimum atomic E-state index is -1.04. The Balaban J connectivity index is 1.92. The summed E-state index contributed by atoms with van der Waals surface area (Å²) in [4.78, 5) is 25.6. The van der Waals surface area contributed by atoms with Gasteiger partial charge in [0.15, 0.2) is 0 Å². The number of hydrogen-bond acceptors (Lipinski definition) is 3. The Morgan fingerprint density at radius 2 is 2.14 bits per heavy atom. The van der Waals surface area contributed by atoms with Crippen molar-refractivity contribution in [2.45, 2.75) is 12.5 Å². The third-order valence-corrected chi connectivity index (χ3v) is 3.35. The number of nitrogens with zero attached hydrogens (tertiary/aromatic N) is 2. The Kier molecular flexibility index (Phi) is 4.13. The molecule has 1 aromatic rings. The predicted molar refractivity (Wildman–Crippen MR) is 73.8 cm³/mol. The highest BCUT2D eigenvalue weighted by molar-refractivity contribution is 5.92. The number of urea groups is 1. The van der Waals surface area contributed by atoms with Gasteiger partial charge in [-0.25, -0.2) is 14.0 Å². The van der Waals surface area contributed by atoms with Crippen molar-refractivity contribution in [3.05, 3.63) is 30.1 Å². The van der Waals surface area contributed by atoms with Crippen molar-refractivity contribution in [2.24, 2.45) is 0 Å². The maximum Gasteiger partial charge on any atom is 0.329 e. The zero-order chi connectivity index (χ0) is 15.6. The van der Waals surface area contributed by atoms with Gasteiger partial charge < -0.3 is 14.7 Å². The Hall–Kier alpha value is -2.15. The number of carboxylic acid groups (broad SMARTS) is 1. The molecule has 0 aromatic heterocycles. The van der Waals surface area contributed by atoms with E-state index in [0.29, 0.717) is 18.8 Å². The molecule has 1 aromatic carbocycles. The van der Waals surface area contributed by atoms with Gasteiger partial charge in [-0.2, -0.15) is 0 Å². The summed E-state index contributed by atoms with van der Waals surface area (Å²) in [7, 11) is 1.56. The van der Waals surface area contributed by atoms with Crippen LogP contribution in [0.3, 0.4) is 0 Å². The van der Waals surface area contributed by atoms with E-state index in [2.05, 4.69) is 0 Å². The molecule has 0 radical (unpaired) electrons. The van der Waals surface area contributed by atoms with Crippen LogP contribution < -0.4 is 4.90 Å². The van der Waals surface area contributed by atoms with Crippen molar-refractivity contribution in [1.82, 2.24) is 4.90 Å². The van der Waals surface area contributed by atoms with Crippen LogP contribution in [0.4, 0.5) is 14.9 Å². The van der Waals surface area contributed by atoms with Gasteiger partial charge in [0.1, 0.15) is 18.0 Å². The van der Waals surface area contributed by atoms with Gasteiger partial charge in [-0.15, -0.1) is 0 Å². The van der Waals surface area contributed by atoms with Crippen LogP contribution in [0.1, 0.15) is 6.92 Å². The molecule has 1 aliphatic rings. The molecule has 0 aliphatic carbocycles. The summed E-state index contributed by atoms with van der Waals surface area (Å²) in [6.07, 6.45) is 0. The molecule has 7 heteroatoms. The second-order valence-corrected chi connectivity index (χ2v) is 5.31. The average molecular weight is 296 g/mol. The fourth-order valence-corrected chi connectivity index (χ4v) is 2.23. The third-order valence-electron chi connectivity index (χ3n) is 3.35. The van der Waals surface area contributed by atoms with E-state index in [1.165, 1.54) is 28.0 Å². The van der Waals surface area contributed by atoms with E-state index < -0.39 is 24.0 Å². The largest absolute Gasteiger partial charge is 0.480 e. The van der Waals surface area contributed by atoms with E-state index in [1.54, 1.807) is 20.0 Å². The van der Waals surface area contributed by atoms with Gasteiger partial charge in [-0.05, 0) is 25.1 Å². The van der Waals surface area contributed by atoms with Gasteiger partial charge >= 0.3 is 12.0 Å². The predicted octanol–water partition coefficient (Wildman–Crippen LogP) is 1.56. The van der Waals surface area contributed by atoms with Gasteiger partial charge in [0.2, 0.25) is 0 Å². The molecule has 0 spiro atoms. The number of carbonyl (C=O) groups excluding carboxylic acids is 1. The maximum absolute atomic E-state index is 13.2. The number of rotatable bonds is 4. The lowest BCUT2D eigenvalue weighted by molar-refractivity contribution is -0.159. The van der Waals surface area contributed by atoms with Crippen molar-refractivity contribution in [3.8, 4) is 0 Å². The van der Waals surface area contributed by atoms with Crippen molar-refractivity contribution in [2.75, 3.05) is 31.6 Å². The SMILES string of the molecule is CN(C(=O)N1CC(C)(OCC(=O)O)C1)c1cccc(F)c1. The number of amides is 2. The Morgan fingerprint density at radius 3 is 2.71 bits per heavy atom. The van der Waals surface area contributed by atoms with E-state index in [-0.39, 0.29) is 6.03 Å². The summed E-state index contributed by atoms with van der Waals surface area (Å²) in [5, 5.41) is 8.59. The third kappa shape index (κ3) is 3.49. The number of hydrogen-bond donors (Lipinski definition) is 1. The van der Waals surface area contributed by atoms with E-state index in [4.69, 9.17) is 9.84 Å². The highest BCUT2D eigenvalue weighted by Gasteiger charge is 2.43. The second-order valence-electron chi connectivity index (χ2n) is 5.31. The molecule has 6 nitrogen and oxygen atoms in total. The molecule has 0 unspecified atom stereocenters. The lowest BCUT2D eigenvalue weighted by Crippen LogP contribution is -2.65. The molecule has 1 saturated heterocycles. The Labute approximate surface area is 121 Å². The van der Waals surface area contributed by atoms with Crippen LogP contribution in [0.2, 0.25) is 0 Å². The maximum atomic E-state index is 13.2. The first kappa shape index (κ1) is 15.2. The zero-order valence-corrected chi connectivity index (χ0v) is 11.9. The van der Waals surface area contributed by atoms with Crippen LogP contribution in [0.25, 0.3) is 0 Å². The molecular weight excluding hydrogens is 279 g/mol. The lowest BCUT2D eigenvalue weighted by atomic mass is 9.97. The standard InChI is InChI=1S/C14H17FN2O4/c1-14(21-7-12(18)19)8-17(9-14)13(20)16(2)11-5-3-4-10(15)6-11/h3-6H,7-9H2,1-2H3,(H,18,19). The average Bonchev–Trinajstić information content (AvgIpc) is 2.40. The number of anilines is 1. The van der Waals surface area contributed by atoms with Crippen LogP contribution in [-0.4, -0.2) is 54.4 Å². The summed E-state index contributed by atoms with van der Waals surface area (Å²) in [5.41, 5.74) is -0.184. The van der Waals surface area contributed by atoms with Crippen molar-refractivity contribution in [1.29, 1.82) is 0 Å². The smallest absolute Gasteiger partial charge is 0.329 e. The molecule has 0 saturated carbocycles. The first-order valence-electron chi connectivity index (χ1n) is 6.45. The fraction of sp³-hybridized carbons (Fsp3) is 0.429. The number of aliphatic carboxylic acids is 1. The molecule has 21 heavy (non-hydrogen) atoms. The molecule has 2 amide bonds. The second kappa shape index (κ2) is 5.69. The number of carboxylic acids is 1. The van der Waals surface area contributed by atoms with E-state index in [1.807, 2.05) is 0 Å². The van der Waals surface area contributed by atoms with Gasteiger partial charge in [0.25, 0.3) is 0 Å². The summed E-state index contributed by atoms with van der Waals surface area (Å²) in [6, 6.07) is 5.47. The van der Waals surface area contributed by atoms with Gasteiger partial charge in [0.05, 0.1) is 13.1 Å². The lowest BCUT2D eigenvalue weighted by Gasteiger charge is -2.48. The Bertz CT molecular complexity index is 558. The van der Waals surface area contributed by atoms with Crippen molar-refractivity contribution >= 4 is 17.7 Å². The molecule has 1 aliphatic heterocycles. The number of benzene rings is 1. The topological polar surface area (TPSA) is 70.1 Å². The first-order valence-corrected chi connectivity index (χ1v) is 6.45. The summed E-state index contributed by atoms with van der Waals surface area (Å²) in [5.74, 6) is -1.46. The van der Waals surface area contributed by atoms with Gasteiger partial charge in [0, 0.05) is 12.7 Å². The monoisotopic (exact) mass is 296 g/mol. The molecule has 0 bridgehead atoms. The highest BCUT2D eigenvalue weighted by Crippen LogP contribution is 2.27. The molecule has 1 fully saturated rings. The number of carbonyl (C=O) groups is 2.